The highest BCUT2D eigenvalue weighted by Gasteiger charge is 2.29. The van der Waals surface area contributed by atoms with Crippen molar-refractivity contribution in [1.82, 2.24) is 14.8 Å². The van der Waals surface area contributed by atoms with E-state index in [1.165, 1.54) is 6.07 Å². The molecular weight excluding hydrogens is 409 g/mol. The number of aryl methyl sites for hydroxylation is 1. The molecule has 6 nitrogen and oxygen atoms in total. The summed E-state index contributed by atoms with van der Waals surface area (Å²) in [5.41, 5.74) is 1.30. The molecule has 3 heterocycles. The summed E-state index contributed by atoms with van der Waals surface area (Å²) in [5.74, 6) is -0.0384. The summed E-state index contributed by atoms with van der Waals surface area (Å²) in [5, 5.41) is 0. The predicted octanol–water partition coefficient (Wildman–Crippen LogP) is 3.36. The fourth-order valence-corrected chi connectivity index (χ4v) is 4.69. The fourth-order valence-electron chi connectivity index (χ4n) is 4.69. The third-order valence-corrected chi connectivity index (χ3v) is 6.56. The second-order valence-corrected chi connectivity index (χ2v) is 9.04. The van der Waals surface area contributed by atoms with Crippen molar-refractivity contribution < 1.29 is 13.9 Å². The van der Waals surface area contributed by atoms with Gasteiger partial charge in [-0.05, 0) is 69.8 Å². The van der Waals surface area contributed by atoms with E-state index in [4.69, 9.17) is 4.74 Å². The highest BCUT2D eigenvalue weighted by atomic mass is 19.1. The number of H-pyrrole nitrogens is 1. The monoisotopic (exact) mass is 441 g/mol. The summed E-state index contributed by atoms with van der Waals surface area (Å²) in [4.78, 5) is 32.5. The molecule has 0 aliphatic carbocycles. The van der Waals surface area contributed by atoms with Gasteiger partial charge in [-0.15, -0.1) is 0 Å². The Morgan fingerprint density at radius 2 is 1.94 bits per heavy atom. The second kappa shape index (κ2) is 10.4. The van der Waals surface area contributed by atoms with Crippen LogP contribution in [-0.4, -0.2) is 59.6 Å². The lowest BCUT2D eigenvalue weighted by atomic mass is 9.95. The largest absolute Gasteiger partial charge is 0.376 e. The molecule has 2 fully saturated rings. The molecule has 1 unspecified atom stereocenters. The first-order chi connectivity index (χ1) is 15.5. The number of nitrogens with zero attached hydrogens (tertiary/aromatic N) is 2. The van der Waals surface area contributed by atoms with Gasteiger partial charge in [-0.25, -0.2) is 4.39 Å². The number of piperidine rings is 1. The lowest BCUT2D eigenvalue weighted by molar-refractivity contribution is 0.0443. The third kappa shape index (κ3) is 5.64. The number of ether oxygens (including phenoxy) is 1. The number of aromatic amines is 1. The number of hydrogen-bond donors (Lipinski definition) is 1. The number of pyridine rings is 1. The van der Waals surface area contributed by atoms with E-state index in [0.717, 1.165) is 56.6 Å². The smallest absolute Gasteiger partial charge is 0.260 e. The summed E-state index contributed by atoms with van der Waals surface area (Å²) in [6.45, 7) is 6.00. The van der Waals surface area contributed by atoms with E-state index in [-0.39, 0.29) is 29.0 Å². The van der Waals surface area contributed by atoms with Crippen LogP contribution in [0.1, 0.15) is 47.3 Å². The zero-order valence-electron chi connectivity index (χ0n) is 18.7. The number of rotatable bonds is 7. The van der Waals surface area contributed by atoms with Gasteiger partial charge in [-0.1, -0.05) is 18.2 Å². The molecule has 1 aromatic heterocycles. The van der Waals surface area contributed by atoms with Crippen molar-refractivity contribution >= 4 is 5.91 Å². The maximum Gasteiger partial charge on any atom is 0.260 e. The molecule has 1 atom stereocenters. The molecule has 1 amide bonds. The first kappa shape index (κ1) is 22.7. The van der Waals surface area contributed by atoms with Gasteiger partial charge in [-0.2, -0.15) is 0 Å². The number of hydrogen-bond acceptors (Lipinski definition) is 4. The Bertz CT molecular complexity index is 978. The minimum Gasteiger partial charge on any atom is -0.376 e. The molecule has 1 N–H and O–H groups in total. The molecule has 1 aromatic carbocycles. The van der Waals surface area contributed by atoms with Crippen molar-refractivity contribution in [3.05, 3.63) is 69.4 Å². The Hall–Kier alpha value is -2.51. The summed E-state index contributed by atoms with van der Waals surface area (Å²) in [7, 11) is 0. The topological polar surface area (TPSA) is 65.6 Å². The van der Waals surface area contributed by atoms with Crippen molar-refractivity contribution in [3.8, 4) is 0 Å². The van der Waals surface area contributed by atoms with E-state index in [1.54, 1.807) is 25.1 Å². The van der Waals surface area contributed by atoms with Gasteiger partial charge in [-0.3, -0.25) is 14.5 Å². The van der Waals surface area contributed by atoms with Crippen LogP contribution in [0.4, 0.5) is 4.39 Å². The first-order valence-corrected chi connectivity index (χ1v) is 11.6. The minimum absolute atomic E-state index is 0.0321. The summed E-state index contributed by atoms with van der Waals surface area (Å²) in [6, 6.07) is 10.3. The molecule has 2 aromatic rings. The Labute approximate surface area is 188 Å². The lowest BCUT2D eigenvalue weighted by Gasteiger charge is -2.35. The molecule has 4 rings (SSSR count). The van der Waals surface area contributed by atoms with Gasteiger partial charge in [0.1, 0.15) is 11.4 Å². The maximum atomic E-state index is 14.0. The van der Waals surface area contributed by atoms with E-state index in [2.05, 4.69) is 9.88 Å². The van der Waals surface area contributed by atoms with E-state index in [1.807, 2.05) is 17.0 Å². The number of carbonyl (C=O) groups excluding carboxylic acids is 1. The molecule has 2 aliphatic heterocycles. The van der Waals surface area contributed by atoms with Crippen LogP contribution in [0.15, 0.2) is 41.2 Å². The van der Waals surface area contributed by atoms with Gasteiger partial charge in [0.05, 0.1) is 6.10 Å². The quantitative estimate of drug-likeness (QED) is 0.716. The Kier molecular flexibility index (Phi) is 7.37. The number of halogens is 1. The SMILES string of the molecule is Cc1ccc(C(=O)N(CC2CCN(Cc3ccccc3F)CC2)CC2CCCO2)c(=O)[nH]1. The minimum atomic E-state index is -0.341. The maximum absolute atomic E-state index is 14.0. The van der Waals surface area contributed by atoms with Crippen LogP contribution in [0.2, 0.25) is 0 Å². The molecule has 0 saturated carbocycles. The van der Waals surface area contributed by atoms with Crippen molar-refractivity contribution in [2.45, 2.75) is 45.3 Å². The number of carbonyl (C=O) groups is 1. The van der Waals surface area contributed by atoms with Gasteiger partial charge >= 0.3 is 0 Å². The van der Waals surface area contributed by atoms with Gasteiger partial charge in [0.15, 0.2) is 0 Å². The van der Waals surface area contributed by atoms with Gasteiger partial charge < -0.3 is 14.6 Å². The van der Waals surface area contributed by atoms with E-state index >= 15 is 0 Å². The van der Waals surface area contributed by atoms with Gasteiger partial charge in [0.25, 0.3) is 11.5 Å². The molecule has 0 radical (unpaired) electrons. The molecule has 0 spiro atoms. The van der Waals surface area contributed by atoms with Crippen molar-refractivity contribution in [2.75, 3.05) is 32.8 Å². The molecule has 7 heteroatoms. The Balaban J connectivity index is 1.39. The molecule has 32 heavy (non-hydrogen) atoms. The number of benzene rings is 1. The second-order valence-electron chi connectivity index (χ2n) is 9.04. The molecule has 172 valence electrons. The molecular formula is C25H32FN3O3. The van der Waals surface area contributed by atoms with Crippen LogP contribution in [-0.2, 0) is 11.3 Å². The van der Waals surface area contributed by atoms with Crippen LogP contribution >= 0.6 is 0 Å². The Morgan fingerprint density at radius 1 is 1.16 bits per heavy atom. The van der Waals surface area contributed by atoms with Crippen molar-refractivity contribution in [1.29, 1.82) is 0 Å². The fraction of sp³-hybridized carbons (Fsp3) is 0.520. The highest BCUT2D eigenvalue weighted by molar-refractivity contribution is 5.93. The van der Waals surface area contributed by atoms with E-state index in [9.17, 15) is 14.0 Å². The number of amides is 1. The van der Waals surface area contributed by atoms with Crippen LogP contribution < -0.4 is 5.56 Å². The van der Waals surface area contributed by atoms with Gasteiger partial charge in [0, 0.05) is 37.5 Å². The predicted molar refractivity (Wildman–Crippen MR) is 121 cm³/mol. The third-order valence-electron chi connectivity index (χ3n) is 6.56. The highest BCUT2D eigenvalue weighted by Crippen LogP contribution is 2.23. The van der Waals surface area contributed by atoms with E-state index in [0.29, 0.717) is 25.6 Å². The van der Waals surface area contributed by atoms with Crippen LogP contribution in [0.3, 0.4) is 0 Å². The number of nitrogens with one attached hydrogen (secondary N) is 1. The summed E-state index contributed by atoms with van der Waals surface area (Å²) < 4.78 is 19.8. The number of aromatic nitrogens is 1. The molecule has 2 aliphatic rings. The first-order valence-electron chi connectivity index (χ1n) is 11.6. The van der Waals surface area contributed by atoms with Gasteiger partial charge in [0.2, 0.25) is 0 Å². The average Bonchev–Trinajstić information content (AvgIpc) is 3.29. The van der Waals surface area contributed by atoms with Crippen LogP contribution in [0, 0.1) is 18.7 Å². The molecule has 0 bridgehead atoms. The summed E-state index contributed by atoms with van der Waals surface area (Å²) >= 11 is 0. The zero-order valence-corrected chi connectivity index (χ0v) is 18.7. The normalized spacial score (nSPS) is 19.9. The molecule has 2 saturated heterocycles. The standard InChI is InChI=1S/C25H32FN3O3/c1-18-8-9-22(24(30)27-18)25(31)29(17-21-6-4-14-32-21)15-19-10-12-28(13-11-19)16-20-5-2-3-7-23(20)26/h2-3,5,7-9,19,21H,4,6,10-17H2,1H3,(H,27,30). The van der Waals surface area contributed by atoms with Crippen molar-refractivity contribution in [2.24, 2.45) is 5.92 Å². The zero-order chi connectivity index (χ0) is 22.5. The van der Waals surface area contributed by atoms with E-state index < -0.39 is 0 Å². The average molecular weight is 442 g/mol. The Morgan fingerprint density at radius 3 is 2.62 bits per heavy atom. The summed E-state index contributed by atoms with van der Waals surface area (Å²) in [6.07, 6.45) is 3.85. The van der Waals surface area contributed by atoms with Crippen LogP contribution in [0.25, 0.3) is 0 Å². The lowest BCUT2D eigenvalue weighted by Crippen LogP contribution is -2.44. The van der Waals surface area contributed by atoms with Crippen LogP contribution in [0.5, 0.6) is 0 Å². The number of likely N-dealkylation sites (tertiary alicyclic amines) is 1. The van der Waals surface area contributed by atoms with Crippen molar-refractivity contribution in [3.63, 3.8) is 0 Å².